The van der Waals surface area contributed by atoms with Gasteiger partial charge in [0, 0.05) is 13.1 Å². The zero-order valence-corrected chi connectivity index (χ0v) is 11.0. The zero-order chi connectivity index (χ0) is 12.0. The zero-order valence-electron chi connectivity index (χ0n) is 11.0. The molecule has 1 aliphatic rings. The first-order valence-electron chi connectivity index (χ1n) is 6.71. The van der Waals surface area contributed by atoms with Crippen molar-refractivity contribution in [1.82, 2.24) is 10.2 Å². The largest absolute Gasteiger partial charge is 0.341 e. The molecular formula is C13H26N2O. The van der Waals surface area contributed by atoms with E-state index in [2.05, 4.69) is 26.1 Å². The number of hydrogen-bond donors (Lipinski definition) is 1. The van der Waals surface area contributed by atoms with Gasteiger partial charge in [-0.05, 0) is 32.2 Å². The quantitative estimate of drug-likeness (QED) is 0.778. The van der Waals surface area contributed by atoms with Crippen molar-refractivity contribution in [3.63, 3.8) is 0 Å². The number of nitrogens with zero attached hydrogens (tertiary/aromatic N) is 1. The summed E-state index contributed by atoms with van der Waals surface area (Å²) >= 11 is 0. The summed E-state index contributed by atoms with van der Waals surface area (Å²) in [5.74, 6) is 0.912. The SMILES string of the molecule is CCC(C)CN(CC)C(=O)[C@H]1CCCCN1. The molecule has 0 aromatic carbocycles. The van der Waals surface area contributed by atoms with E-state index in [0.717, 1.165) is 32.5 Å². The predicted molar refractivity (Wildman–Crippen MR) is 67.4 cm³/mol. The molecule has 94 valence electrons. The topological polar surface area (TPSA) is 32.3 Å². The first kappa shape index (κ1) is 13.5. The van der Waals surface area contributed by atoms with Crippen LogP contribution in [0.3, 0.4) is 0 Å². The minimum Gasteiger partial charge on any atom is -0.341 e. The Bertz CT molecular complexity index is 212. The highest BCUT2D eigenvalue weighted by Crippen LogP contribution is 2.12. The van der Waals surface area contributed by atoms with Crippen LogP contribution in [-0.4, -0.2) is 36.5 Å². The average Bonchev–Trinajstić information content (AvgIpc) is 2.35. The molecule has 0 radical (unpaired) electrons. The number of likely N-dealkylation sites (N-methyl/N-ethyl adjacent to an activating group) is 1. The molecule has 1 N–H and O–H groups in total. The first-order chi connectivity index (χ1) is 7.69. The normalized spacial score (nSPS) is 22.8. The van der Waals surface area contributed by atoms with E-state index in [1.807, 2.05) is 4.90 Å². The van der Waals surface area contributed by atoms with Crippen LogP contribution in [0.1, 0.15) is 46.5 Å². The van der Waals surface area contributed by atoms with Crippen molar-refractivity contribution in [2.45, 2.75) is 52.5 Å². The summed E-state index contributed by atoms with van der Waals surface area (Å²) in [7, 11) is 0. The molecule has 0 bridgehead atoms. The summed E-state index contributed by atoms with van der Waals surface area (Å²) in [4.78, 5) is 14.3. The standard InChI is InChI=1S/C13H26N2O/c1-4-11(3)10-15(5-2)13(16)12-8-6-7-9-14-12/h11-12,14H,4-10H2,1-3H3/t11?,12-/m1/s1. The Morgan fingerprint density at radius 3 is 2.69 bits per heavy atom. The lowest BCUT2D eigenvalue weighted by molar-refractivity contribution is -0.134. The van der Waals surface area contributed by atoms with Gasteiger partial charge in [0.1, 0.15) is 0 Å². The van der Waals surface area contributed by atoms with Crippen LogP contribution in [0, 0.1) is 5.92 Å². The molecule has 3 nitrogen and oxygen atoms in total. The Labute approximate surface area is 99.6 Å². The van der Waals surface area contributed by atoms with Crippen molar-refractivity contribution >= 4 is 5.91 Å². The fourth-order valence-electron chi connectivity index (χ4n) is 2.16. The van der Waals surface area contributed by atoms with Gasteiger partial charge in [-0.1, -0.05) is 26.7 Å². The molecule has 0 aromatic rings. The van der Waals surface area contributed by atoms with E-state index in [0.29, 0.717) is 11.8 Å². The van der Waals surface area contributed by atoms with E-state index in [-0.39, 0.29) is 6.04 Å². The van der Waals surface area contributed by atoms with Crippen molar-refractivity contribution in [1.29, 1.82) is 0 Å². The summed E-state index contributed by atoms with van der Waals surface area (Å²) in [6.45, 7) is 9.21. The fourth-order valence-corrected chi connectivity index (χ4v) is 2.16. The molecule has 3 heteroatoms. The van der Waals surface area contributed by atoms with Crippen LogP contribution in [0.5, 0.6) is 0 Å². The van der Waals surface area contributed by atoms with Gasteiger partial charge in [0.05, 0.1) is 6.04 Å². The highest BCUT2D eigenvalue weighted by Gasteiger charge is 2.25. The predicted octanol–water partition coefficient (Wildman–Crippen LogP) is 2.02. The number of piperidine rings is 1. The Balaban J connectivity index is 2.47. The molecule has 1 aliphatic heterocycles. The minimum absolute atomic E-state index is 0.0813. The van der Waals surface area contributed by atoms with Crippen LogP contribution in [0.15, 0.2) is 0 Å². The molecule has 1 amide bonds. The molecule has 1 fully saturated rings. The van der Waals surface area contributed by atoms with Gasteiger partial charge >= 0.3 is 0 Å². The van der Waals surface area contributed by atoms with Gasteiger partial charge in [0.25, 0.3) is 0 Å². The number of hydrogen-bond acceptors (Lipinski definition) is 2. The maximum absolute atomic E-state index is 12.2. The molecule has 0 spiro atoms. The number of nitrogens with one attached hydrogen (secondary N) is 1. The van der Waals surface area contributed by atoms with E-state index in [4.69, 9.17) is 0 Å². The minimum atomic E-state index is 0.0813. The molecule has 16 heavy (non-hydrogen) atoms. The van der Waals surface area contributed by atoms with E-state index in [9.17, 15) is 4.79 Å². The lowest BCUT2D eigenvalue weighted by atomic mass is 10.0. The van der Waals surface area contributed by atoms with Crippen molar-refractivity contribution in [3.8, 4) is 0 Å². The lowest BCUT2D eigenvalue weighted by Crippen LogP contribution is -2.49. The third-order valence-electron chi connectivity index (χ3n) is 3.53. The third-order valence-corrected chi connectivity index (χ3v) is 3.53. The van der Waals surface area contributed by atoms with Crippen molar-refractivity contribution in [3.05, 3.63) is 0 Å². The maximum Gasteiger partial charge on any atom is 0.239 e. The van der Waals surface area contributed by atoms with Gasteiger partial charge < -0.3 is 10.2 Å². The molecule has 0 saturated carbocycles. The molecule has 1 unspecified atom stereocenters. The molecule has 1 heterocycles. The Kier molecular flexibility index (Phi) is 5.81. The molecule has 1 rings (SSSR count). The summed E-state index contributed by atoms with van der Waals surface area (Å²) < 4.78 is 0. The second-order valence-corrected chi connectivity index (χ2v) is 4.89. The van der Waals surface area contributed by atoms with Crippen LogP contribution >= 0.6 is 0 Å². The lowest BCUT2D eigenvalue weighted by Gasteiger charge is -2.30. The van der Waals surface area contributed by atoms with Crippen LogP contribution in [0.4, 0.5) is 0 Å². The third kappa shape index (κ3) is 3.78. The summed E-state index contributed by atoms with van der Waals surface area (Å²) in [5, 5.41) is 3.33. The van der Waals surface area contributed by atoms with Gasteiger partial charge in [-0.15, -0.1) is 0 Å². The molecule has 2 atom stereocenters. The number of carbonyl (C=O) groups excluding carboxylic acids is 1. The smallest absolute Gasteiger partial charge is 0.239 e. The fraction of sp³-hybridized carbons (Fsp3) is 0.923. The molecule has 0 aliphatic carbocycles. The van der Waals surface area contributed by atoms with Gasteiger partial charge in [-0.25, -0.2) is 0 Å². The van der Waals surface area contributed by atoms with Crippen molar-refractivity contribution in [2.24, 2.45) is 5.92 Å². The summed E-state index contributed by atoms with van der Waals surface area (Å²) in [6.07, 6.45) is 4.54. The van der Waals surface area contributed by atoms with Gasteiger partial charge in [-0.2, -0.15) is 0 Å². The van der Waals surface area contributed by atoms with E-state index in [1.165, 1.54) is 12.8 Å². The van der Waals surface area contributed by atoms with Crippen LogP contribution in [0.25, 0.3) is 0 Å². The molecule has 0 aromatic heterocycles. The van der Waals surface area contributed by atoms with Crippen molar-refractivity contribution < 1.29 is 4.79 Å². The van der Waals surface area contributed by atoms with Crippen LogP contribution in [0.2, 0.25) is 0 Å². The average molecular weight is 226 g/mol. The first-order valence-corrected chi connectivity index (χ1v) is 6.71. The van der Waals surface area contributed by atoms with E-state index >= 15 is 0 Å². The Morgan fingerprint density at radius 1 is 1.44 bits per heavy atom. The number of rotatable bonds is 5. The second-order valence-electron chi connectivity index (χ2n) is 4.89. The summed E-state index contributed by atoms with van der Waals surface area (Å²) in [6, 6.07) is 0.0813. The Morgan fingerprint density at radius 2 is 2.19 bits per heavy atom. The van der Waals surface area contributed by atoms with Crippen molar-refractivity contribution in [2.75, 3.05) is 19.6 Å². The van der Waals surface area contributed by atoms with E-state index < -0.39 is 0 Å². The second kappa shape index (κ2) is 6.89. The molecular weight excluding hydrogens is 200 g/mol. The van der Waals surface area contributed by atoms with E-state index in [1.54, 1.807) is 0 Å². The number of amides is 1. The monoisotopic (exact) mass is 226 g/mol. The molecule has 1 saturated heterocycles. The number of carbonyl (C=O) groups is 1. The van der Waals surface area contributed by atoms with Gasteiger partial charge in [-0.3, -0.25) is 4.79 Å². The highest BCUT2D eigenvalue weighted by atomic mass is 16.2. The Hall–Kier alpha value is -0.570. The summed E-state index contributed by atoms with van der Waals surface area (Å²) in [5.41, 5.74) is 0. The maximum atomic E-state index is 12.2. The van der Waals surface area contributed by atoms with Crippen LogP contribution in [-0.2, 0) is 4.79 Å². The highest BCUT2D eigenvalue weighted by molar-refractivity contribution is 5.82. The van der Waals surface area contributed by atoms with Crippen LogP contribution < -0.4 is 5.32 Å². The van der Waals surface area contributed by atoms with Gasteiger partial charge in [0.2, 0.25) is 5.91 Å². The van der Waals surface area contributed by atoms with Gasteiger partial charge in [0.15, 0.2) is 0 Å².